The molecule has 4 nitrogen and oxygen atoms in total. The maximum absolute atomic E-state index is 10.3. The lowest BCUT2D eigenvalue weighted by Crippen LogP contribution is -2.44. The molecule has 1 aromatic rings. The summed E-state index contributed by atoms with van der Waals surface area (Å²) in [5, 5.41) is 18.2. The van der Waals surface area contributed by atoms with Crippen molar-refractivity contribution in [1.82, 2.24) is 10.6 Å². The van der Waals surface area contributed by atoms with Crippen LogP contribution in [0, 0.1) is 12.3 Å². The van der Waals surface area contributed by atoms with Gasteiger partial charge in [0.05, 0.1) is 13.1 Å². The maximum Gasteiger partial charge on any atom is 0.191 e. The number of nitrogens with zero attached hydrogens (tertiary/aromatic N) is 1. The predicted octanol–water partition coefficient (Wildman–Crippen LogP) is 1.37. The third-order valence-corrected chi connectivity index (χ3v) is 3.36. The highest BCUT2D eigenvalue weighted by Gasteiger charge is 2.24. The molecular weight excluding hydrogens is 361 g/mol. The van der Waals surface area contributed by atoms with Gasteiger partial charge >= 0.3 is 0 Å². The number of thiophene rings is 1. The molecule has 0 aromatic carbocycles. The molecule has 0 saturated carbocycles. The first-order valence-electron chi connectivity index (χ1n) is 5.24. The molecule has 0 saturated heterocycles. The fourth-order valence-electron chi connectivity index (χ4n) is 1.28. The van der Waals surface area contributed by atoms with Crippen LogP contribution in [0.4, 0.5) is 0 Å². The second kappa shape index (κ2) is 8.34. The lowest BCUT2D eigenvalue weighted by Gasteiger charge is -2.23. The summed E-state index contributed by atoms with van der Waals surface area (Å²) in [6.07, 6.45) is 5.15. The average Bonchev–Trinajstić information content (AvgIpc) is 2.83. The van der Waals surface area contributed by atoms with E-state index in [4.69, 9.17) is 6.42 Å². The number of aliphatic imine (C=N–C) groups is 1. The second-order valence-corrected chi connectivity index (χ2v) is 4.68. The van der Waals surface area contributed by atoms with Crippen LogP contribution in [0.25, 0.3) is 0 Å². The van der Waals surface area contributed by atoms with Gasteiger partial charge < -0.3 is 15.7 Å². The Kier molecular flexibility index (Phi) is 7.98. The normalized spacial score (nSPS) is 14.0. The van der Waals surface area contributed by atoms with Crippen LogP contribution in [0.2, 0.25) is 0 Å². The molecule has 1 rings (SSSR count). The van der Waals surface area contributed by atoms with Crippen LogP contribution >= 0.6 is 35.3 Å². The molecule has 0 amide bonds. The number of hydrogen-bond donors (Lipinski definition) is 3. The van der Waals surface area contributed by atoms with Crippen molar-refractivity contribution in [1.29, 1.82) is 0 Å². The summed E-state index contributed by atoms with van der Waals surface area (Å²) in [5.74, 6) is 3.05. The van der Waals surface area contributed by atoms with Crippen molar-refractivity contribution in [3.63, 3.8) is 0 Å². The first kappa shape index (κ1) is 17.2. The first-order chi connectivity index (χ1) is 8.10. The number of rotatable bonds is 4. The third kappa shape index (κ3) is 5.25. The topological polar surface area (TPSA) is 56.7 Å². The Hall–Kier alpha value is -0.780. The molecule has 1 aromatic heterocycles. The Bertz CT molecular complexity index is 409. The van der Waals surface area contributed by atoms with Gasteiger partial charge in [0.25, 0.3) is 0 Å². The third-order valence-electron chi connectivity index (χ3n) is 2.23. The van der Waals surface area contributed by atoms with Crippen LogP contribution in [-0.2, 0) is 5.60 Å². The summed E-state index contributed by atoms with van der Waals surface area (Å²) in [4.78, 5) is 4.92. The molecule has 100 valence electrons. The van der Waals surface area contributed by atoms with Gasteiger partial charge in [0, 0.05) is 11.9 Å². The molecule has 1 atom stereocenters. The fourth-order valence-corrected chi connectivity index (χ4v) is 2.07. The minimum atomic E-state index is -0.915. The highest BCUT2D eigenvalue weighted by atomic mass is 127. The zero-order valence-electron chi connectivity index (χ0n) is 10.4. The molecule has 0 radical (unpaired) electrons. The van der Waals surface area contributed by atoms with Crippen molar-refractivity contribution in [2.24, 2.45) is 4.99 Å². The van der Waals surface area contributed by atoms with Crippen LogP contribution < -0.4 is 10.6 Å². The fraction of sp³-hybridized carbons (Fsp3) is 0.417. The van der Waals surface area contributed by atoms with Gasteiger partial charge in [0.15, 0.2) is 5.96 Å². The quantitative estimate of drug-likeness (QED) is 0.321. The molecule has 0 fully saturated rings. The molecule has 3 N–H and O–H groups in total. The van der Waals surface area contributed by atoms with Crippen molar-refractivity contribution >= 4 is 41.3 Å². The summed E-state index contributed by atoms with van der Waals surface area (Å²) >= 11 is 1.52. The zero-order valence-corrected chi connectivity index (χ0v) is 13.6. The highest BCUT2D eigenvalue weighted by molar-refractivity contribution is 14.0. The van der Waals surface area contributed by atoms with Crippen molar-refractivity contribution in [3.8, 4) is 12.3 Å². The lowest BCUT2D eigenvalue weighted by molar-refractivity contribution is 0.0655. The number of halogens is 1. The van der Waals surface area contributed by atoms with Crippen molar-refractivity contribution < 1.29 is 5.11 Å². The summed E-state index contributed by atoms with van der Waals surface area (Å²) in [6.45, 7) is 2.54. The molecule has 0 aliphatic heterocycles. The number of nitrogens with one attached hydrogen (secondary N) is 2. The van der Waals surface area contributed by atoms with Gasteiger partial charge in [-0.15, -0.1) is 41.7 Å². The van der Waals surface area contributed by atoms with E-state index in [1.165, 1.54) is 11.3 Å². The van der Waals surface area contributed by atoms with E-state index < -0.39 is 5.60 Å². The van der Waals surface area contributed by atoms with Gasteiger partial charge in [-0.25, -0.2) is 0 Å². The summed E-state index contributed by atoms with van der Waals surface area (Å²) < 4.78 is 0. The number of guanidine groups is 1. The van der Waals surface area contributed by atoms with Gasteiger partial charge in [-0.1, -0.05) is 12.0 Å². The Morgan fingerprint density at radius 1 is 1.61 bits per heavy atom. The molecule has 1 heterocycles. The minimum absolute atomic E-state index is 0. The van der Waals surface area contributed by atoms with E-state index in [-0.39, 0.29) is 24.0 Å². The van der Waals surface area contributed by atoms with E-state index in [0.29, 0.717) is 19.0 Å². The van der Waals surface area contributed by atoms with Crippen LogP contribution in [0.5, 0.6) is 0 Å². The Morgan fingerprint density at radius 2 is 2.33 bits per heavy atom. The smallest absolute Gasteiger partial charge is 0.191 e. The van der Waals surface area contributed by atoms with E-state index in [9.17, 15) is 5.11 Å². The molecule has 0 spiro atoms. The Balaban J connectivity index is 0.00000289. The molecular formula is C12H18IN3OS. The molecule has 0 aliphatic rings. The number of aliphatic hydroxyl groups is 1. The average molecular weight is 379 g/mol. The molecule has 6 heteroatoms. The minimum Gasteiger partial charge on any atom is -0.383 e. The standard InChI is InChI=1S/C12H17N3OS.HI/c1-4-7-14-11(13-3)15-9-12(2,16)10-6-5-8-17-10;/h1,5-6,8,16H,7,9H2,2-3H3,(H2,13,14,15);1H. The first-order valence-corrected chi connectivity index (χ1v) is 6.12. The van der Waals surface area contributed by atoms with E-state index in [2.05, 4.69) is 21.5 Å². The molecule has 18 heavy (non-hydrogen) atoms. The number of terminal acetylenes is 1. The molecule has 1 unspecified atom stereocenters. The van der Waals surface area contributed by atoms with Crippen LogP contribution in [0.15, 0.2) is 22.5 Å². The monoisotopic (exact) mass is 379 g/mol. The van der Waals surface area contributed by atoms with Crippen LogP contribution in [-0.4, -0.2) is 31.2 Å². The predicted molar refractivity (Wildman–Crippen MR) is 87.5 cm³/mol. The van der Waals surface area contributed by atoms with Crippen LogP contribution in [0.1, 0.15) is 11.8 Å². The van der Waals surface area contributed by atoms with E-state index >= 15 is 0 Å². The van der Waals surface area contributed by atoms with Crippen molar-refractivity contribution in [2.45, 2.75) is 12.5 Å². The van der Waals surface area contributed by atoms with Crippen molar-refractivity contribution in [2.75, 3.05) is 20.1 Å². The second-order valence-electron chi connectivity index (χ2n) is 3.73. The summed E-state index contributed by atoms with van der Waals surface area (Å²) in [7, 11) is 1.66. The Morgan fingerprint density at radius 3 is 2.83 bits per heavy atom. The molecule has 0 aliphatic carbocycles. The summed E-state index contributed by atoms with van der Waals surface area (Å²) in [6, 6.07) is 3.82. The van der Waals surface area contributed by atoms with E-state index in [1.54, 1.807) is 14.0 Å². The van der Waals surface area contributed by atoms with Crippen LogP contribution in [0.3, 0.4) is 0 Å². The zero-order chi connectivity index (χ0) is 12.7. The van der Waals surface area contributed by atoms with Gasteiger partial charge in [-0.3, -0.25) is 4.99 Å². The SMILES string of the molecule is C#CCNC(=NC)NCC(C)(O)c1cccs1.I. The molecule has 0 bridgehead atoms. The van der Waals surface area contributed by atoms with E-state index in [1.807, 2.05) is 17.5 Å². The van der Waals surface area contributed by atoms with Gasteiger partial charge in [-0.05, 0) is 18.4 Å². The van der Waals surface area contributed by atoms with Gasteiger partial charge in [-0.2, -0.15) is 0 Å². The Labute approximate surface area is 129 Å². The summed E-state index contributed by atoms with van der Waals surface area (Å²) in [5.41, 5.74) is -0.915. The van der Waals surface area contributed by atoms with Gasteiger partial charge in [0.2, 0.25) is 0 Å². The van der Waals surface area contributed by atoms with Crippen molar-refractivity contribution in [3.05, 3.63) is 22.4 Å². The largest absolute Gasteiger partial charge is 0.383 e. The van der Waals surface area contributed by atoms with Gasteiger partial charge in [0.1, 0.15) is 5.60 Å². The number of hydrogen-bond acceptors (Lipinski definition) is 3. The highest BCUT2D eigenvalue weighted by Crippen LogP contribution is 2.24. The maximum atomic E-state index is 10.3. The lowest BCUT2D eigenvalue weighted by atomic mass is 10.1. The van der Waals surface area contributed by atoms with E-state index in [0.717, 1.165) is 4.88 Å².